The second-order valence-corrected chi connectivity index (χ2v) is 7.47. The summed E-state index contributed by atoms with van der Waals surface area (Å²) in [5, 5.41) is 7.81. The third-order valence-electron chi connectivity index (χ3n) is 4.21. The van der Waals surface area contributed by atoms with E-state index >= 15 is 0 Å². The van der Waals surface area contributed by atoms with Crippen LogP contribution in [0.4, 0.5) is 0 Å². The van der Waals surface area contributed by atoms with Gasteiger partial charge in [-0.15, -0.1) is 35.3 Å². The maximum atomic E-state index is 5.68. The van der Waals surface area contributed by atoms with E-state index in [0.717, 1.165) is 61.4 Å². The lowest BCUT2D eigenvalue weighted by molar-refractivity contribution is 0.114. The van der Waals surface area contributed by atoms with Crippen molar-refractivity contribution < 1.29 is 9.15 Å². The van der Waals surface area contributed by atoms with E-state index in [4.69, 9.17) is 9.15 Å². The lowest BCUT2D eigenvalue weighted by atomic mass is 10.2. The maximum Gasteiger partial charge on any atom is 0.191 e. The van der Waals surface area contributed by atoms with Crippen molar-refractivity contribution in [2.24, 2.45) is 4.99 Å². The van der Waals surface area contributed by atoms with Crippen molar-refractivity contribution in [1.82, 2.24) is 15.6 Å². The number of hydrogen-bond acceptors (Lipinski definition) is 5. The molecule has 2 N–H and O–H groups in total. The molecule has 8 heteroatoms. The minimum absolute atomic E-state index is 0. The highest BCUT2D eigenvalue weighted by Crippen LogP contribution is 2.17. The number of aryl methyl sites for hydroxylation is 2. The van der Waals surface area contributed by atoms with E-state index in [-0.39, 0.29) is 30.1 Å². The van der Waals surface area contributed by atoms with Gasteiger partial charge in [0.1, 0.15) is 10.8 Å². The first-order valence-corrected chi connectivity index (χ1v) is 9.61. The predicted octanol–water partition coefficient (Wildman–Crippen LogP) is 3.43. The second kappa shape index (κ2) is 10.9. The average molecular weight is 490 g/mol. The van der Waals surface area contributed by atoms with Crippen LogP contribution in [0, 0.1) is 13.8 Å². The molecule has 1 aliphatic heterocycles. The topological polar surface area (TPSA) is 71.7 Å². The summed E-state index contributed by atoms with van der Waals surface area (Å²) in [6.07, 6.45) is 5.05. The molecule has 3 heterocycles. The van der Waals surface area contributed by atoms with Crippen LogP contribution in [0.2, 0.25) is 0 Å². The first-order chi connectivity index (χ1) is 12.2. The van der Waals surface area contributed by atoms with Gasteiger partial charge in [-0.05, 0) is 38.8 Å². The molecule has 0 amide bonds. The van der Waals surface area contributed by atoms with Crippen LogP contribution in [-0.4, -0.2) is 36.7 Å². The van der Waals surface area contributed by atoms with Crippen molar-refractivity contribution in [3.8, 4) is 0 Å². The van der Waals surface area contributed by atoms with Crippen molar-refractivity contribution >= 4 is 41.3 Å². The zero-order valence-electron chi connectivity index (χ0n) is 15.3. The summed E-state index contributed by atoms with van der Waals surface area (Å²) in [4.78, 5) is 10.5. The SMILES string of the molecule is Cc1nc(CN=C(NCCc2ccco2)NCC2CCCO2)sc1C.I. The minimum atomic E-state index is 0. The van der Waals surface area contributed by atoms with E-state index in [1.165, 1.54) is 4.88 Å². The van der Waals surface area contributed by atoms with Gasteiger partial charge >= 0.3 is 0 Å². The number of aromatic nitrogens is 1. The van der Waals surface area contributed by atoms with E-state index in [1.807, 2.05) is 19.1 Å². The Bertz CT molecular complexity index is 662. The molecule has 2 aromatic rings. The van der Waals surface area contributed by atoms with Crippen LogP contribution in [0.3, 0.4) is 0 Å². The fourth-order valence-corrected chi connectivity index (χ4v) is 3.56. The number of thiazole rings is 1. The number of rotatable bonds is 7. The Balaban J connectivity index is 0.00000243. The third-order valence-corrected chi connectivity index (χ3v) is 5.27. The Morgan fingerprint density at radius 1 is 1.38 bits per heavy atom. The van der Waals surface area contributed by atoms with Gasteiger partial charge in [-0.1, -0.05) is 0 Å². The first kappa shape index (κ1) is 21.2. The molecule has 1 atom stereocenters. The molecule has 3 rings (SSSR count). The Morgan fingerprint density at radius 3 is 2.92 bits per heavy atom. The largest absolute Gasteiger partial charge is 0.469 e. The molecule has 1 fully saturated rings. The number of halogens is 1. The van der Waals surface area contributed by atoms with Crippen molar-refractivity contribution in [2.75, 3.05) is 19.7 Å². The molecule has 0 aliphatic carbocycles. The van der Waals surface area contributed by atoms with Gasteiger partial charge in [0.15, 0.2) is 5.96 Å². The van der Waals surface area contributed by atoms with E-state index in [1.54, 1.807) is 17.6 Å². The van der Waals surface area contributed by atoms with E-state index < -0.39 is 0 Å². The van der Waals surface area contributed by atoms with Gasteiger partial charge in [-0.2, -0.15) is 0 Å². The molecule has 1 aliphatic rings. The molecule has 6 nitrogen and oxygen atoms in total. The predicted molar refractivity (Wildman–Crippen MR) is 116 cm³/mol. The van der Waals surface area contributed by atoms with Crippen LogP contribution in [0.15, 0.2) is 27.8 Å². The van der Waals surface area contributed by atoms with Crippen molar-refractivity contribution in [1.29, 1.82) is 0 Å². The van der Waals surface area contributed by atoms with Crippen molar-refractivity contribution in [3.63, 3.8) is 0 Å². The molecular formula is C18H27IN4O2S. The fraction of sp³-hybridized carbons (Fsp3) is 0.556. The highest BCUT2D eigenvalue weighted by atomic mass is 127. The maximum absolute atomic E-state index is 5.68. The smallest absolute Gasteiger partial charge is 0.191 e. The van der Waals surface area contributed by atoms with Gasteiger partial charge in [-0.25, -0.2) is 9.98 Å². The van der Waals surface area contributed by atoms with Gasteiger partial charge < -0.3 is 19.8 Å². The number of furan rings is 1. The van der Waals surface area contributed by atoms with Crippen LogP contribution in [0.1, 0.15) is 34.2 Å². The molecule has 0 aromatic carbocycles. The Hall–Kier alpha value is -1.13. The molecule has 26 heavy (non-hydrogen) atoms. The summed E-state index contributed by atoms with van der Waals surface area (Å²) in [6.45, 7) is 7.13. The minimum Gasteiger partial charge on any atom is -0.469 e. The fourth-order valence-electron chi connectivity index (χ4n) is 2.70. The Kier molecular flexibility index (Phi) is 8.86. The van der Waals surface area contributed by atoms with Crippen LogP contribution in [0.25, 0.3) is 0 Å². The zero-order valence-corrected chi connectivity index (χ0v) is 18.4. The standard InChI is InChI=1S/C18H26N4O2S.HI/c1-13-14(2)25-17(22-13)12-21-18(20-11-16-6-4-10-24-16)19-8-7-15-5-3-9-23-15;/h3,5,9,16H,4,6-8,10-12H2,1-2H3,(H2,19,20,21);1H. The van der Waals surface area contributed by atoms with Crippen LogP contribution < -0.4 is 10.6 Å². The number of aliphatic imine (C=N–C) groups is 1. The molecule has 0 saturated carbocycles. The van der Waals surface area contributed by atoms with E-state index in [9.17, 15) is 0 Å². The second-order valence-electron chi connectivity index (χ2n) is 6.19. The summed E-state index contributed by atoms with van der Waals surface area (Å²) in [7, 11) is 0. The van der Waals surface area contributed by atoms with Crippen molar-refractivity contribution in [3.05, 3.63) is 39.7 Å². The van der Waals surface area contributed by atoms with E-state index in [2.05, 4.69) is 27.5 Å². The summed E-state index contributed by atoms with van der Waals surface area (Å²) in [5.41, 5.74) is 1.09. The zero-order chi connectivity index (χ0) is 17.5. The quantitative estimate of drug-likeness (QED) is 0.354. The molecule has 2 aromatic heterocycles. The van der Waals surface area contributed by atoms with Gasteiger partial charge in [-0.3, -0.25) is 0 Å². The monoisotopic (exact) mass is 490 g/mol. The van der Waals surface area contributed by atoms with E-state index in [0.29, 0.717) is 6.54 Å². The van der Waals surface area contributed by atoms with Gasteiger partial charge in [0.25, 0.3) is 0 Å². The molecule has 0 spiro atoms. The third kappa shape index (κ3) is 6.55. The molecule has 144 valence electrons. The van der Waals surface area contributed by atoms with Crippen molar-refractivity contribution in [2.45, 2.75) is 45.8 Å². The van der Waals surface area contributed by atoms with Gasteiger partial charge in [0, 0.05) is 31.0 Å². The highest BCUT2D eigenvalue weighted by Gasteiger charge is 2.15. The summed E-state index contributed by atoms with van der Waals surface area (Å²) >= 11 is 1.71. The van der Waals surface area contributed by atoms with Gasteiger partial charge in [0.2, 0.25) is 0 Å². The molecule has 0 bridgehead atoms. The molecule has 1 unspecified atom stereocenters. The number of nitrogens with one attached hydrogen (secondary N) is 2. The van der Waals surface area contributed by atoms with Gasteiger partial charge in [0.05, 0.1) is 24.6 Å². The lowest BCUT2D eigenvalue weighted by Gasteiger charge is -2.15. The summed E-state index contributed by atoms with van der Waals surface area (Å²) in [6, 6.07) is 3.90. The molecule has 0 radical (unpaired) electrons. The summed E-state index contributed by atoms with van der Waals surface area (Å²) in [5.74, 6) is 1.77. The average Bonchev–Trinajstić information content (AvgIpc) is 3.34. The van der Waals surface area contributed by atoms with Crippen LogP contribution in [-0.2, 0) is 17.7 Å². The Labute approximate surface area is 175 Å². The number of ether oxygens (including phenoxy) is 1. The Morgan fingerprint density at radius 2 is 2.27 bits per heavy atom. The first-order valence-electron chi connectivity index (χ1n) is 8.80. The van der Waals surface area contributed by atoms with Crippen LogP contribution >= 0.6 is 35.3 Å². The van der Waals surface area contributed by atoms with Crippen LogP contribution in [0.5, 0.6) is 0 Å². The lowest BCUT2D eigenvalue weighted by Crippen LogP contribution is -2.41. The molecule has 1 saturated heterocycles. The number of nitrogens with zero attached hydrogens (tertiary/aromatic N) is 2. The normalized spacial score (nSPS) is 17.2. The number of hydrogen-bond donors (Lipinski definition) is 2. The highest BCUT2D eigenvalue weighted by molar-refractivity contribution is 14.0. The number of guanidine groups is 1. The molecular weight excluding hydrogens is 463 g/mol. The summed E-state index contributed by atoms with van der Waals surface area (Å²) < 4.78 is 11.1.